The third kappa shape index (κ3) is 5.19. The van der Waals surface area contributed by atoms with E-state index in [0.29, 0.717) is 29.7 Å². The quantitative estimate of drug-likeness (QED) is 0.665. The van der Waals surface area contributed by atoms with Crippen molar-refractivity contribution in [1.82, 2.24) is 0 Å². The Labute approximate surface area is 139 Å². The van der Waals surface area contributed by atoms with Gasteiger partial charge < -0.3 is 5.73 Å². The summed E-state index contributed by atoms with van der Waals surface area (Å²) in [6, 6.07) is 3.66. The number of rotatable bonds is 0. The van der Waals surface area contributed by atoms with Crippen molar-refractivity contribution in [2.24, 2.45) is 0 Å². The largest absolute Gasteiger partial charge is 0.398 e. The van der Waals surface area contributed by atoms with Crippen molar-refractivity contribution in [1.29, 1.82) is 0 Å². The zero-order valence-corrected chi connectivity index (χ0v) is 14.3. The maximum atomic E-state index is 12.5. The molecule has 1 aromatic rings. The van der Waals surface area contributed by atoms with Gasteiger partial charge in [-0.1, -0.05) is 44.9 Å². The lowest BCUT2D eigenvalue weighted by molar-refractivity contribution is 0.0978. The second kappa shape index (κ2) is 8.85. The monoisotopic (exact) mass is 315 g/mol. The summed E-state index contributed by atoms with van der Waals surface area (Å²) in [5, 5.41) is 0. The van der Waals surface area contributed by atoms with Crippen LogP contribution in [0.3, 0.4) is 0 Å². The van der Waals surface area contributed by atoms with Crippen molar-refractivity contribution in [2.45, 2.75) is 77.6 Å². The summed E-state index contributed by atoms with van der Waals surface area (Å²) in [6.45, 7) is 1.92. The molecule has 0 heterocycles. The van der Waals surface area contributed by atoms with Gasteiger partial charge in [0, 0.05) is 24.0 Å². The molecule has 1 aromatic carbocycles. The number of anilines is 1. The van der Waals surface area contributed by atoms with Crippen LogP contribution in [0.4, 0.5) is 5.69 Å². The fourth-order valence-electron chi connectivity index (χ4n) is 3.34. The summed E-state index contributed by atoms with van der Waals surface area (Å²) in [5.74, 6) is 0.152. The van der Waals surface area contributed by atoms with Crippen molar-refractivity contribution in [2.75, 3.05) is 5.73 Å². The molecule has 3 nitrogen and oxygen atoms in total. The first-order valence-electron chi connectivity index (χ1n) is 9.06. The van der Waals surface area contributed by atoms with Gasteiger partial charge >= 0.3 is 0 Å². The highest BCUT2D eigenvalue weighted by atomic mass is 16.1. The minimum Gasteiger partial charge on any atom is -0.398 e. The lowest BCUT2D eigenvalue weighted by Gasteiger charge is -2.12. The second-order valence-corrected chi connectivity index (χ2v) is 6.80. The topological polar surface area (TPSA) is 60.2 Å². The average molecular weight is 315 g/mol. The molecule has 1 aliphatic rings. The number of ketones is 2. The standard InChI is InChI=1S/C20H29NO2/c1-15-13-16-18(22)11-9-7-5-3-2-4-6-8-10-12-19(23)17(14-15)20(16)21/h13-14H,2-12,21H2,1H3. The molecule has 0 saturated carbocycles. The van der Waals surface area contributed by atoms with E-state index in [1.165, 1.54) is 32.1 Å². The van der Waals surface area contributed by atoms with E-state index in [4.69, 9.17) is 5.73 Å². The summed E-state index contributed by atoms with van der Waals surface area (Å²) in [4.78, 5) is 24.9. The number of Topliss-reactive ketones (excluding diaryl/α,β-unsaturated/α-hetero) is 2. The molecule has 0 aliphatic heterocycles. The molecule has 0 spiro atoms. The van der Waals surface area contributed by atoms with E-state index in [1.54, 1.807) is 0 Å². The molecule has 0 amide bonds. The zero-order chi connectivity index (χ0) is 16.7. The van der Waals surface area contributed by atoms with Crippen molar-refractivity contribution >= 4 is 17.3 Å². The summed E-state index contributed by atoms with van der Waals surface area (Å²) < 4.78 is 0. The minimum atomic E-state index is 0.0762. The van der Waals surface area contributed by atoms with Crippen LogP contribution in [0.15, 0.2) is 12.1 Å². The zero-order valence-electron chi connectivity index (χ0n) is 14.3. The van der Waals surface area contributed by atoms with Crippen molar-refractivity contribution < 1.29 is 9.59 Å². The van der Waals surface area contributed by atoms with E-state index >= 15 is 0 Å². The fraction of sp³-hybridized carbons (Fsp3) is 0.600. The van der Waals surface area contributed by atoms with Gasteiger partial charge in [-0.3, -0.25) is 9.59 Å². The van der Waals surface area contributed by atoms with Crippen LogP contribution in [0.25, 0.3) is 0 Å². The summed E-state index contributed by atoms with van der Waals surface area (Å²) in [5.41, 5.74) is 8.57. The Kier molecular flexibility index (Phi) is 6.82. The molecule has 2 bridgehead atoms. The minimum absolute atomic E-state index is 0.0762. The molecule has 1 aliphatic carbocycles. The van der Waals surface area contributed by atoms with Gasteiger partial charge in [-0.05, 0) is 37.5 Å². The van der Waals surface area contributed by atoms with E-state index < -0.39 is 0 Å². The van der Waals surface area contributed by atoms with Gasteiger partial charge in [-0.2, -0.15) is 0 Å². The highest BCUT2D eigenvalue weighted by molar-refractivity contribution is 6.08. The molecule has 2 N–H and O–H groups in total. The van der Waals surface area contributed by atoms with Crippen LogP contribution in [0, 0.1) is 6.92 Å². The first-order valence-corrected chi connectivity index (χ1v) is 9.06. The maximum Gasteiger partial charge on any atom is 0.164 e. The van der Waals surface area contributed by atoms with Gasteiger partial charge in [0.2, 0.25) is 0 Å². The number of carbonyl (C=O) groups is 2. The molecule has 126 valence electrons. The van der Waals surface area contributed by atoms with E-state index in [2.05, 4.69) is 0 Å². The molecule has 3 heteroatoms. The predicted octanol–water partition coefficient (Wildman–Crippen LogP) is 5.25. The van der Waals surface area contributed by atoms with Gasteiger partial charge in [-0.25, -0.2) is 0 Å². The molecule has 0 saturated heterocycles. The smallest absolute Gasteiger partial charge is 0.164 e. The Balaban J connectivity index is 2.21. The number of benzene rings is 1. The molecule has 2 rings (SSSR count). The Morgan fingerprint density at radius 3 is 1.43 bits per heavy atom. The molecule has 0 aromatic heterocycles. The van der Waals surface area contributed by atoms with Gasteiger partial charge in [0.15, 0.2) is 11.6 Å². The third-order valence-electron chi connectivity index (χ3n) is 4.73. The first kappa shape index (κ1) is 17.7. The maximum absolute atomic E-state index is 12.5. The van der Waals surface area contributed by atoms with Gasteiger partial charge in [-0.15, -0.1) is 0 Å². The lowest BCUT2D eigenvalue weighted by Crippen LogP contribution is -2.11. The van der Waals surface area contributed by atoms with Crippen LogP contribution in [0.1, 0.15) is 96.9 Å². The van der Waals surface area contributed by atoms with Crippen molar-refractivity contribution in [3.05, 3.63) is 28.8 Å². The summed E-state index contributed by atoms with van der Waals surface area (Å²) in [7, 11) is 0. The van der Waals surface area contributed by atoms with Crippen molar-refractivity contribution in [3.8, 4) is 0 Å². The van der Waals surface area contributed by atoms with Crippen LogP contribution >= 0.6 is 0 Å². The van der Waals surface area contributed by atoms with Crippen LogP contribution < -0.4 is 5.73 Å². The van der Waals surface area contributed by atoms with Crippen LogP contribution in [0.5, 0.6) is 0 Å². The van der Waals surface area contributed by atoms with Gasteiger partial charge in [0.05, 0.1) is 5.69 Å². The van der Waals surface area contributed by atoms with E-state index in [-0.39, 0.29) is 11.6 Å². The average Bonchev–Trinajstić information content (AvgIpc) is 2.53. The van der Waals surface area contributed by atoms with Crippen LogP contribution in [0.2, 0.25) is 0 Å². The third-order valence-corrected chi connectivity index (χ3v) is 4.73. The molecule has 0 fully saturated rings. The van der Waals surface area contributed by atoms with Gasteiger partial charge in [0.25, 0.3) is 0 Å². The molecule has 0 unspecified atom stereocenters. The van der Waals surface area contributed by atoms with Crippen molar-refractivity contribution in [3.63, 3.8) is 0 Å². The first-order chi connectivity index (χ1) is 11.1. The highest BCUT2D eigenvalue weighted by Gasteiger charge is 2.18. The van der Waals surface area contributed by atoms with Crippen LogP contribution in [-0.4, -0.2) is 11.6 Å². The van der Waals surface area contributed by atoms with E-state index in [9.17, 15) is 9.59 Å². The molecule has 23 heavy (non-hydrogen) atoms. The normalized spacial score (nSPS) is 18.8. The lowest BCUT2D eigenvalue weighted by atomic mass is 9.93. The van der Waals surface area contributed by atoms with Gasteiger partial charge in [0.1, 0.15) is 0 Å². The second-order valence-electron chi connectivity index (χ2n) is 6.80. The SMILES string of the molecule is Cc1cc2c(N)c(c1)C(=O)CCCCCCCCCCCC2=O. The number of nitrogens with two attached hydrogens (primary N) is 1. The molecular weight excluding hydrogens is 286 g/mol. The summed E-state index contributed by atoms with van der Waals surface area (Å²) in [6.07, 6.45) is 11.3. The molecular formula is C20H29NO2. The molecule has 0 radical (unpaired) electrons. The Hall–Kier alpha value is -1.64. The number of nitrogen functional groups attached to an aromatic ring is 1. The van der Waals surface area contributed by atoms with E-state index in [1.807, 2.05) is 19.1 Å². The Morgan fingerprint density at radius 1 is 0.696 bits per heavy atom. The Morgan fingerprint density at radius 2 is 1.04 bits per heavy atom. The number of hydrogen-bond donors (Lipinski definition) is 1. The number of hydrogen-bond acceptors (Lipinski definition) is 3. The van der Waals surface area contributed by atoms with Crippen LogP contribution in [-0.2, 0) is 0 Å². The molecule has 0 atom stereocenters. The van der Waals surface area contributed by atoms with E-state index in [0.717, 1.165) is 31.2 Å². The predicted molar refractivity (Wildman–Crippen MR) is 95.0 cm³/mol. The number of carbonyl (C=O) groups excluding carboxylic acids is 2. The number of aryl methyl sites for hydroxylation is 1. The Bertz CT molecular complexity index is 518. The fourth-order valence-corrected chi connectivity index (χ4v) is 3.34. The number of fused-ring (bicyclic) bond motifs is 2. The highest BCUT2D eigenvalue weighted by Crippen LogP contribution is 2.25. The summed E-state index contributed by atoms with van der Waals surface area (Å²) >= 11 is 0.